The van der Waals surface area contributed by atoms with Gasteiger partial charge in [0, 0.05) is 23.8 Å². The van der Waals surface area contributed by atoms with Crippen LogP contribution in [0.1, 0.15) is 30.4 Å². The molecule has 2 aromatic carbocycles. The standard InChI is InChI=1S/C25H21ClF3N5O2.C2HF3O2/c26-20-12-17(6-7-21(20)36-18-3-1-2-15(11-18)25(27,28)29)33-23-19-10-14(24(35)34-16-4-5-16)8-9-30-22(19)31-13-32-23;3-2(4,5)1(6)7/h1-3,6-7,10-13,16H,4-5,8-9H2,(H,34,35)(H2,30,31,32,33);(H,6,7). The van der Waals surface area contributed by atoms with E-state index < -0.39 is 23.9 Å². The van der Waals surface area contributed by atoms with E-state index in [-0.39, 0.29) is 28.5 Å². The van der Waals surface area contributed by atoms with E-state index in [1.165, 1.54) is 18.5 Å². The predicted octanol–water partition coefficient (Wildman–Crippen LogP) is 6.80. The molecule has 0 saturated heterocycles. The molecule has 0 spiro atoms. The number of rotatable bonds is 6. The van der Waals surface area contributed by atoms with Crippen LogP contribution >= 0.6 is 11.6 Å². The number of aromatic nitrogens is 2. The van der Waals surface area contributed by atoms with Crippen molar-refractivity contribution in [2.75, 3.05) is 17.2 Å². The summed E-state index contributed by atoms with van der Waals surface area (Å²) in [6.45, 7) is 0.556. The van der Waals surface area contributed by atoms with E-state index in [0.717, 1.165) is 25.0 Å². The number of halogens is 7. The first-order valence-corrected chi connectivity index (χ1v) is 12.9. The number of hydrogen-bond acceptors (Lipinski definition) is 7. The Morgan fingerprint density at radius 3 is 2.40 bits per heavy atom. The second kappa shape index (κ2) is 12.8. The summed E-state index contributed by atoms with van der Waals surface area (Å²) in [7, 11) is 0. The molecule has 0 radical (unpaired) electrons. The summed E-state index contributed by atoms with van der Waals surface area (Å²) in [6, 6.07) is 9.61. The topological polar surface area (TPSA) is 125 Å². The average molecular weight is 630 g/mol. The quantitative estimate of drug-likeness (QED) is 0.220. The molecule has 0 unspecified atom stereocenters. The number of fused-ring (bicyclic) bond motifs is 1. The van der Waals surface area contributed by atoms with Crippen LogP contribution in [0.3, 0.4) is 0 Å². The van der Waals surface area contributed by atoms with Crippen LogP contribution in [-0.4, -0.2) is 45.7 Å². The van der Waals surface area contributed by atoms with Crippen molar-refractivity contribution < 1.29 is 45.8 Å². The molecule has 43 heavy (non-hydrogen) atoms. The normalized spacial score (nSPS) is 14.5. The van der Waals surface area contributed by atoms with Crippen molar-refractivity contribution in [1.82, 2.24) is 15.3 Å². The number of anilines is 3. The highest BCUT2D eigenvalue weighted by Crippen LogP contribution is 2.37. The van der Waals surface area contributed by atoms with Gasteiger partial charge in [0.05, 0.1) is 16.1 Å². The van der Waals surface area contributed by atoms with Gasteiger partial charge in [0.15, 0.2) is 0 Å². The lowest BCUT2D eigenvalue weighted by Crippen LogP contribution is -2.27. The number of carbonyl (C=O) groups excluding carboxylic acids is 1. The zero-order chi connectivity index (χ0) is 31.4. The Balaban J connectivity index is 0.000000541. The summed E-state index contributed by atoms with van der Waals surface area (Å²) < 4.78 is 76.3. The Kier molecular flexibility index (Phi) is 9.33. The third-order valence-corrected chi connectivity index (χ3v) is 6.22. The lowest BCUT2D eigenvalue weighted by atomic mass is 10.1. The molecule has 0 bridgehead atoms. The minimum atomic E-state index is -5.08. The molecular weight excluding hydrogens is 608 g/mol. The van der Waals surface area contributed by atoms with Gasteiger partial charge in [-0.1, -0.05) is 17.7 Å². The van der Waals surface area contributed by atoms with Crippen molar-refractivity contribution in [3.63, 3.8) is 0 Å². The van der Waals surface area contributed by atoms with E-state index in [2.05, 4.69) is 25.9 Å². The maximum atomic E-state index is 13.0. The molecule has 1 fully saturated rings. The van der Waals surface area contributed by atoms with E-state index in [9.17, 15) is 31.1 Å². The van der Waals surface area contributed by atoms with Gasteiger partial charge in [0.25, 0.3) is 0 Å². The molecule has 1 aliphatic carbocycles. The van der Waals surface area contributed by atoms with Crippen molar-refractivity contribution in [1.29, 1.82) is 0 Å². The fourth-order valence-corrected chi connectivity index (χ4v) is 3.90. The van der Waals surface area contributed by atoms with Crippen LogP contribution in [0.4, 0.5) is 43.7 Å². The van der Waals surface area contributed by atoms with Crippen LogP contribution in [0.15, 0.2) is 54.4 Å². The number of hydrogen-bond donors (Lipinski definition) is 4. The third-order valence-electron chi connectivity index (χ3n) is 5.92. The highest BCUT2D eigenvalue weighted by molar-refractivity contribution is 6.32. The second-order valence-corrected chi connectivity index (χ2v) is 9.69. The predicted molar refractivity (Wildman–Crippen MR) is 144 cm³/mol. The van der Waals surface area contributed by atoms with Gasteiger partial charge in [-0.05, 0) is 61.7 Å². The molecule has 1 aliphatic heterocycles. The van der Waals surface area contributed by atoms with Crippen LogP contribution in [0.25, 0.3) is 6.08 Å². The summed E-state index contributed by atoms with van der Waals surface area (Å²) in [5.41, 5.74) is 1.02. The zero-order valence-electron chi connectivity index (χ0n) is 21.8. The van der Waals surface area contributed by atoms with Gasteiger partial charge in [0.1, 0.15) is 29.5 Å². The molecule has 1 aromatic heterocycles. The van der Waals surface area contributed by atoms with Crippen LogP contribution < -0.4 is 20.7 Å². The average Bonchev–Trinajstić information content (AvgIpc) is 3.76. The smallest absolute Gasteiger partial charge is 0.475 e. The van der Waals surface area contributed by atoms with Crippen molar-refractivity contribution >= 4 is 46.9 Å². The fraction of sp³-hybridized carbons (Fsp3) is 0.259. The molecule has 5 rings (SSSR count). The van der Waals surface area contributed by atoms with Crippen molar-refractivity contribution in [3.05, 3.63) is 70.5 Å². The first-order valence-electron chi connectivity index (χ1n) is 12.5. The number of ether oxygens (including phenoxy) is 1. The molecule has 16 heteroatoms. The first kappa shape index (κ1) is 31.4. The summed E-state index contributed by atoms with van der Waals surface area (Å²) in [5.74, 6) is -1.58. The van der Waals surface area contributed by atoms with Crippen LogP contribution in [0, 0.1) is 0 Å². The van der Waals surface area contributed by atoms with Gasteiger partial charge < -0.3 is 25.8 Å². The van der Waals surface area contributed by atoms with Crippen LogP contribution in [0.5, 0.6) is 11.5 Å². The van der Waals surface area contributed by atoms with Gasteiger partial charge in [0.2, 0.25) is 5.91 Å². The van der Waals surface area contributed by atoms with E-state index in [1.807, 2.05) is 0 Å². The Hall–Kier alpha value is -4.53. The maximum absolute atomic E-state index is 13.0. The zero-order valence-corrected chi connectivity index (χ0v) is 22.6. The van der Waals surface area contributed by atoms with Crippen LogP contribution in [0.2, 0.25) is 5.02 Å². The van der Waals surface area contributed by atoms with E-state index in [0.29, 0.717) is 41.4 Å². The molecule has 9 nitrogen and oxygen atoms in total. The van der Waals surface area contributed by atoms with Gasteiger partial charge in [-0.15, -0.1) is 0 Å². The van der Waals surface area contributed by atoms with Gasteiger partial charge >= 0.3 is 18.3 Å². The molecule has 1 saturated carbocycles. The molecule has 1 amide bonds. The van der Waals surface area contributed by atoms with Gasteiger partial charge in [-0.3, -0.25) is 4.79 Å². The third kappa shape index (κ3) is 8.73. The number of alkyl halides is 6. The molecule has 4 N–H and O–H groups in total. The van der Waals surface area contributed by atoms with Crippen molar-refractivity contribution in [2.45, 2.75) is 37.7 Å². The highest BCUT2D eigenvalue weighted by Gasteiger charge is 2.38. The fourth-order valence-electron chi connectivity index (χ4n) is 3.68. The van der Waals surface area contributed by atoms with Crippen molar-refractivity contribution in [2.24, 2.45) is 0 Å². The SMILES string of the molecule is O=C(NC1CC1)C1=Cc2c(ncnc2Nc2ccc(Oc3cccc(C(F)(F)F)c3)c(Cl)c2)NCC1.O=C(O)C(F)(F)F. The Morgan fingerprint density at radius 2 is 1.77 bits per heavy atom. The van der Waals surface area contributed by atoms with E-state index in [1.54, 1.807) is 24.3 Å². The minimum absolute atomic E-state index is 0.0155. The maximum Gasteiger partial charge on any atom is 0.490 e. The van der Waals surface area contributed by atoms with Gasteiger partial charge in [-0.25, -0.2) is 14.8 Å². The molecule has 2 heterocycles. The lowest BCUT2D eigenvalue weighted by Gasteiger charge is -2.14. The summed E-state index contributed by atoms with van der Waals surface area (Å²) in [5, 5.41) is 16.7. The van der Waals surface area contributed by atoms with E-state index in [4.69, 9.17) is 26.2 Å². The molecule has 0 atom stereocenters. The molecule has 228 valence electrons. The lowest BCUT2D eigenvalue weighted by molar-refractivity contribution is -0.192. The highest BCUT2D eigenvalue weighted by atomic mass is 35.5. The molecule has 2 aliphatic rings. The summed E-state index contributed by atoms with van der Waals surface area (Å²) in [4.78, 5) is 30.1. The number of benzene rings is 2. The number of nitrogens with zero attached hydrogens (tertiary/aromatic N) is 2. The largest absolute Gasteiger partial charge is 0.490 e. The molecule has 3 aromatic rings. The first-order chi connectivity index (χ1) is 20.2. The van der Waals surface area contributed by atoms with Gasteiger partial charge in [-0.2, -0.15) is 26.3 Å². The number of nitrogens with one attached hydrogen (secondary N) is 3. The minimum Gasteiger partial charge on any atom is -0.475 e. The van der Waals surface area contributed by atoms with Crippen molar-refractivity contribution in [3.8, 4) is 11.5 Å². The number of carboxylic acids is 1. The summed E-state index contributed by atoms with van der Waals surface area (Å²) in [6.07, 6.45) is -3.84. The monoisotopic (exact) mass is 629 g/mol. The number of amides is 1. The Bertz CT molecular complexity index is 1540. The number of carbonyl (C=O) groups is 2. The van der Waals surface area contributed by atoms with Crippen LogP contribution in [-0.2, 0) is 15.8 Å². The molecular formula is C27H22ClF6N5O4. The second-order valence-electron chi connectivity index (χ2n) is 9.28. The number of carboxylic acid groups (broad SMARTS) is 1. The number of aliphatic carboxylic acids is 1. The van der Waals surface area contributed by atoms with E-state index >= 15 is 0 Å². The Labute approximate surface area is 244 Å². The Morgan fingerprint density at radius 1 is 1.05 bits per heavy atom. The summed E-state index contributed by atoms with van der Waals surface area (Å²) >= 11 is 6.37.